The van der Waals surface area contributed by atoms with E-state index in [0.717, 1.165) is 0 Å². The fraction of sp³-hybridized carbons (Fsp3) is 0.556. The highest BCUT2D eigenvalue weighted by Crippen LogP contribution is 2.50. The van der Waals surface area contributed by atoms with Crippen molar-refractivity contribution in [3.05, 3.63) is 24.8 Å². The molecule has 3 atom stereocenters. The fourth-order valence-electron chi connectivity index (χ4n) is 1.65. The monoisotopic (exact) mass is 138 g/mol. The van der Waals surface area contributed by atoms with Gasteiger partial charge >= 0.3 is 0 Å². The number of aliphatic hydroxyl groups excluding tert-OH is 1. The van der Waals surface area contributed by atoms with Crippen LogP contribution in [0.3, 0.4) is 0 Å². The summed E-state index contributed by atoms with van der Waals surface area (Å²) >= 11 is 0. The Labute approximate surface area is 62.1 Å². The highest BCUT2D eigenvalue weighted by atomic mass is 16.3. The van der Waals surface area contributed by atoms with Crippen LogP contribution in [0.1, 0.15) is 6.92 Å². The summed E-state index contributed by atoms with van der Waals surface area (Å²) in [7, 11) is 0. The zero-order valence-electron chi connectivity index (χ0n) is 6.38. The Morgan fingerprint density at radius 3 is 2.40 bits per heavy atom. The van der Waals surface area contributed by atoms with E-state index in [9.17, 15) is 0 Å². The van der Waals surface area contributed by atoms with E-state index in [4.69, 9.17) is 5.11 Å². The Hall–Kier alpha value is -0.560. The lowest BCUT2D eigenvalue weighted by atomic mass is 10.2. The summed E-state index contributed by atoms with van der Waals surface area (Å²) in [6.45, 7) is 9.84. The van der Waals surface area contributed by atoms with Crippen LogP contribution in [0.4, 0.5) is 0 Å². The molecule has 1 saturated carbocycles. The molecule has 0 radical (unpaired) electrons. The number of rotatable bonds is 3. The molecule has 0 saturated heterocycles. The van der Waals surface area contributed by atoms with Crippen molar-refractivity contribution in [3.8, 4) is 0 Å². The first-order chi connectivity index (χ1) is 4.72. The molecule has 0 amide bonds. The summed E-state index contributed by atoms with van der Waals surface area (Å²) in [5, 5.41) is 8.84. The van der Waals surface area contributed by atoms with Gasteiger partial charge in [0.1, 0.15) is 0 Å². The summed E-state index contributed by atoms with van der Waals surface area (Å²) < 4.78 is 0. The topological polar surface area (TPSA) is 20.2 Å². The maximum Gasteiger partial charge on any atom is 0.0471 e. The minimum Gasteiger partial charge on any atom is -0.396 e. The number of hydrogen-bond acceptors (Lipinski definition) is 1. The fourth-order valence-corrected chi connectivity index (χ4v) is 1.65. The third-order valence-corrected chi connectivity index (χ3v) is 2.28. The molecule has 1 fully saturated rings. The number of aliphatic hydroxyl groups is 1. The molecule has 0 aromatic rings. The van der Waals surface area contributed by atoms with E-state index in [1.165, 1.54) is 5.57 Å². The highest BCUT2D eigenvalue weighted by molar-refractivity contribution is 5.18. The number of hydrogen-bond donors (Lipinski definition) is 1. The van der Waals surface area contributed by atoms with Gasteiger partial charge in [-0.15, -0.1) is 6.58 Å². The molecule has 0 heterocycles. The third kappa shape index (κ3) is 1.01. The zero-order valence-corrected chi connectivity index (χ0v) is 6.38. The van der Waals surface area contributed by atoms with E-state index in [-0.39, 0.29) is 6.61 Å². The van der Waals surface area contributed by atoms with Crippen molar-refractivity contribution in [2.24, 2.45) is 17.8 Å². The molecule has 1 rings (SSSR count). The Balaban J connectivity index is 2.51. The number of allylic oxidation sites excluding steroid dienone is 2. The molecule has 1 heteroatoms. The average molecular weight is 138 g/mol. The van der Waals surface area contributed by atoms with Gasteiger partial charge in [-0.2, -0.15) is 0 Å². The van der Waals surface area contributed by atoms with Gasteiger partial charge in [0.05, 0.1) is 0 Å². The van der Waals surface area contributed by atoms with E-state index >= 15 is 0 Å². The summed E-state index contributed by atoms with van der Waals surface area (Å²) in [6, 6.07) is 0. The van der Waals surface area contributed by atoms with Gasteiger partial charge < -0.3 is 5.11 Å². The molecule has 1 N–H and O–H groups in total. The van der Waals surface area contributed by atoms with E-state index < -0.39 is 0 Å². The molecule has 0 bridgehead atoms. The van der Waals surface area contributed by atoms with Gasteiger partial charge in [0.15, 0.2) is 0 Å². The van der Waals surface area contributed by atoms with Gasteiger partial charge in [-0.1, -0.05) is 18.2 Å². The van der Waals surface area contributed by atoms with Crippen LogP contribution in [0.5, 0.6) is 0 Å². The summed E-state index contributed by atoms with van der Waals surface area (Å²) in [5.74, 6) is 1.40. The minimum atomic E-state index is 0.272. The second kappa shape index (κ2) is 2.59. The molecule has 0 aromatic heterocycles. The molecule has 1 aliphatic rings. The molecule has 0 spiro atoms. The van der Waals surface area contributed by atoms with E-state index in [1.807, 2.05) is 13.0 Å². The summed E-state index contributed by atoms with van der Waals surface area (Å²) in [6.07, 6.45) is 1.92. The van der Waals surface area contributed by atoms with Crippen molar-refractivity contribution < 1.29 is 5.11 Å². The van der Waals surface area contributed by atoms with Crippen molar-refractivity contribution in [1.29, 1.82) is 0 Å². The summed E-state index contributed by atoms with van der Waals surface area (Å²) in [5.41, 5.74) is 1.17. The van der Waals surface area contributed by atoms with E-state index in [1.54, 1.807) is 0 Å². The first-order valence-electron chi connectivity index (χ1n) is 3.61. The van der Waals surface area contributed by atoms with Crippen molar-refractivity contribution in [3.63, 3.8) is 0 Å². The van der Waals surface area contributed by atoms with Crippen molar-refractivity contribution >= 4 is 0 Å². The molecule has 56 valence electrons. The smallest absolute Gasteiger partial charge is 0.0471 e. The van der Waals surface area contributed by atoms with E-state index in [2.05, 4.69) is 13.2 Å². The lowest BCUT2D eigenvalue weighted by molar-refractivity contribution is 0.268. The SMILES string of the molecule is C=CC1C(CO)C1C(=C)C. The van der Waals surface area contributed by atoms with Crippen LogP contribution in [0.2, 0.25) is 0 Å². The van der Waals surface area contributed by atoms with Crippen LogP contribution in [-0.2, 0) is 0 Å². The molecule has 1 nitrogen and oxygen atoms in total. The van der Waals surface area contributed by atoms with Crippen LogP contribution in [0.25, 0.3) is 0 Å². The first kappa shape index (κ1) is 7.55. The lowest BCUT2D eigenvalue weighted by Gasteiger charge is -1.91. The van der Waals surface area contributed by atoms with Gasteiger partial charge in [-0.25, -0.2) is 0 Å². The Morgan fingerprint density at radius 1 is 1.70 bits per heavy atom. The van der Waals surface area contributed by atoms with E-state index in [0.29, 0.717) is 17.8 Å². The second-order valence-electron chi connectivity index (χ2n) is 3.03. The predicted molar refractivity (Wildman–Crippen MR) is 42.6 cm³/mol. The maximum absolute atomic E-state index is 8.84. The van der Waals surface area contributed by atoms with Gasteiger partial charge in [-0.05, 0) is 24.7 Å². The average Bonchev–Trinajstić information content (AvgIpc) is 2.60. The lowest BCUT2D eigenvalue weighted by Crippen LogP contribution is -1.88. The van der Waals surface area contributed by atoms with Gasteiger partial charge in [0, 0.05) is 6.61 Å². The summed E-state index contributed by atoms with van der Waals surface area (Å²) in [4.78, 5) is 0. The normalized spacial score (nSPS) is 37.2. The van der Waals surface area contributed by atoms with Gasteiger partial charge in [0.25, 0.3) is 0 Å². The molecule has 0 aliphatic heterocycles. The molecule has 3 unspecified atom stereocenters. The second-order valence-corrected chi connectivity index (χ2v) is 3.03. The van der Waals surface area contributed by atoms with Gasteiger partial charge in [-0.3, -0.25) is 0 Å². The highest BCUT2D eigenvalue weighted by Gasteiger charge is 2.47. The van der Waals surface area contributed by atoms with Crippen LogP contribution in [0.15, 0.2) is 24.8 Å². The van der Waals surface area contributed by atoms with Crippen molar-refractivity contribution in [2.45, 2.75) is 6.92 Å². The van der Waals surface area contributed by atoms with Crippen LogP contribution < -0.4 is 0 Å². The quantitative estimate of drug-likeness (QED) is 0.587. The van der Waals surface area contributed by atoms with Crippen LogP contribution >= 0.6 is 0 Å². The van der Waals surface area contributed by atoms with Crippen LogP contribution in [0, 0.1) is 17.8 Å². The van der Waals surface area contributed by atoms with Gasteiger partial charge in [0.2, 0.25) is 0 Å². The molecular weight excluding hydrogens is 124 g/mol. The van der Waals surface area contributed by atoms with Crippen LogP contribution in [-0.4, -0.2) is 11.7 Å². The van der Waals surface area contributed by atoms with Crippen molar-refractivity contribution in [1.82, 2.24) is 0 Å². The molecule has 0 aromatic carbocycles. The predicted octanol–water partition coefficient (Wildman–Crippen LogP) is 1.60. The van der Waals surface area contributed by atoms with Crippen molar-refractivity contribution in [2.75, 3.05) is 6.61 Å². The minimum absolute atomic E-state index is 0.272. The molecule has 10 heavy (non-hydrogen) atoms. The zero-order chi connectivity index (χ0) is 7.72. The standard InChI is InChI=1S/C9H14O/c1-4-7-8(5-10)9(7)6(2)3/h4,7-10H,1-2,5H2,3H3. The first-order valence-corrected chi connectivity index (χ1v) is 3.61. The molecular formula is C9H14O. The third-order valence-electron chi connectivity index (χ3n) is 2.28. The largest absolute Gasteiger partial charge is 0.396 e. The Bertz CT molecular complexity index is 160. The maximum atomic E-state index is 8.84. The Kier molecular flexibility index (Phi) is 1.95. The Morgan fingerprint density at radius 2 is 2.30 bits per heavy atom. The molecule has 1 aliphatic carbocycles.